The van der Waals surface area contributed by atoms with E-state index < -0.39 is 67.4 Å². The number of carboxylic acid groups (broad SMARTS) is 1. The Labute approximate surface area is 131 Å². The van der Waals surface area contributed by atoms with Crippen LogP contribution in [0, 0.1) is 0 Å². The standard InChI is InChI=1S/C12H21N3O8/c1-4(17)15(5(12(21)22)2-7(13)18)11-8(14)10(20)9(19)6(3-16)23-11/h5-6,8-11,16,19-20H,2-3,14H2,1H3,(H2,13,18)(H,21,22)/t5-,6+,8+,9-,10+,11?/m0/s1. The van der Waals surface area contributed by atoms with Crippen LogP contribution in [0.2, 0.25) is 0 Å². The number of amides is 2. The topological polar surface area (TPSA) is 197 Å². The van der Waals surface area contributed by atoms with Gasteiger partial charge in [-0.15, -0.1) is 0 Å². The molecular weight excluding hydrogens is 314 g/mol. The zero-order valence-corrected chi connectivity index (χ0v) is 12.4. The van der Waals surface area contributed by atoms with Crippen LogP contribution in [0.4, 0.5) is 0 Å². The molecule has 0 saturated carbocycles. The van der Waals surface area contributed by atoms with Gasteiger partial charge in [0, 0.05) is 6.92 Å². The van der Waals surface area contributed by atoms with E-state index in [9.17, 15) is 29.7 Å². The number of aliphatic hydroxyl groups is 3. The lowest BCUT2D eigenvalue weighted by Crippen LogP contribution is -2.69. The zero-order valence-electron chi connectivity index (χ0n) is 12.4. The third kappa shape index (κ3) is 4.14. The summed E-state index contributed by atoms with van der Waals surface area (Å²) in [4.78, 5) is 35.0. The van der Waals surface area contributed by atoms with Crippen LogP contribution >= 0.6 is 0 Å². The average Bonchev–Trinajstić information content (AvgIpc) is 2.45. The summed E-state index contributed by atoms with van der Waals surface area (Å²) in [7, 11) is 0. The molecule has 8 N–H and O–H groups in total. The van der Waals surface area contributed by atoms with Crippen molar-refractivity contribution in [3.05, 3.63) is 0 Å². The highest BCUT2D eigenvalue weighted by atomic mass is 16.5. The van der Waals surface area contributed by atoms with Gasteiger partial charge in [-0.3, -0.25) is 9.59 Å². The molecule has 11 heteroatoms. The fraction of sp³-hybridized carbons (Fsp3) is 0.750. The number of primary amides is 1. The minimum absolute atomic E-state index is 0.662. The molecule has 0 aromatic carbocycles. The predicted molar refractivity (Wildman–Crippen MR) is 73.5 cm³/mol. The number of ether oxygens (including phenoxy) is 1. The molecule has 1 heterocycles. The number of aliphatic hydroxyl groups excluding tert-OH is 3. The summed E-state index contributed by atoms with van der Waals surface area (Å²) in [5.74, 6) is -3.28. The molecule has 0 spiro atoms. The van der Waals surface area contributed by atoms with E-state index in [1.165, 1.54) is 0 Å². The first-order valence-corrected chi connectivity index (χ1v) is 6.79. The third-order valence-electron chi connectivity index (χ3n) is 3.60. The summed E-state index contributed by atoms with van der Waals surface area (Å²) >= 11 is 0. The molecule has 0 aromatic rings. The van der Waals surface area contributed by atoms with Crippen molar-refractivity contribution in [3.8, 4) is 0 Å². The molecule has 11 nitrogen and oxygen atoms in total. The van der Waals surface area contributed by atoms with Crippen molar-refractivity contribution in [2.24, 2.45) is 11.5 Å². The lowest BCUT2D eigenvalue weighted by atomic mass is 9.95. The second-order valence-electron chi connectivity index (χ2n) is 5.26. The summed E-state index contributed by atoms with van der Waals surface area (Å²) in [6.45, 7) is 0.332. The predicted octanol–water partition coefficient (Wildman–Crippen LogP) is -4.07. The molecule has 1 fully saturated rings. The SMILES string of the molecule is CC(=O)N(C1O[C@H](CO)[C@H](O)[C@H](O)[C@H]1N)[C@@H](CC(N)=O)C(=O)O. The Bertz CT molecular complexity index is 471. The zero-order chi connectivity index (χ0) is 17.9. The number of hydrogen-bond donors (Lipinski definition) is 6. The number of nitrogens with zero attached hydrogens (tertiary/aromatic N) is 1. The summed E-state index contributed by atoms with van der Waals surface area (Å²) in [6.07, 6.45) is -6.53. The maximum Gasteiger partial charge on any atom is 0.327 e. The van der Waals surface area contributed by atoms with Crippen LogP contribution in [-0.4, -0.2) is 86.3 Å². The van der Waals surface area contributed by atoms with Crippen molar-refractivity contribution in [3.63, 3.8) is 0 Å². The summed E-state index contributed by atoms with van der Waals surface area (Å²) < 4.78 is 5.27. The quantitative estimate of drug-likeness (QED) is 0.279. The van der Waals surface area contributed by atoms with E-state index in [0.717, 1.165) is 6.92 Å². The molecule has 0 bridgehead atoms. The van der Waals surface area contributed by atoms with E-state index in [4.69, 9.17) is 21.3 Å². The molecule has 1 aliphatic heterocycles. The highest BCUT2D eigenvalue weighted by molar-refractivity contribution is 5.87. The fourth-order valence-corrected chi connectivity index (χ4v) is 2.44. The Morgan fingerprint density at radius 1 is 1.26 bits per heavy atom. The molecule has 1 rings (SSSR count). The Morgan fingerprint density at radius 3 is 2.22 bits per heavy atom. The molecule has 1 aliphatic rings. The summed E-state index contributed by atoms with van der Waals surface area (Å²) in [6, 6.07) is -3.02. The molecule has 1 unspecified atom stereocenters. The van der Waals surface area contributed by atoms with Crippen LogP contribution in [0.1, 0.15) is 13.3 Å². The van der Waals surface area contributed by atoms with Crippen LogP contribution in [0.3, 0.4) is 0 Å². The van der Waals surface area contributed by atoms with Crippen molar-refractivity contribution < 1.29 is 39.5 Å². The van der Waals surface area contributed by atoms with E-state index in [0.29, 0.717) is 4.90 Å². The van der Waals surface area contributed by atoms with E-state index in [1.807, 2.05) is 0 Å². The van der Waals surface area contributed by atoms with E-state index in [1.54, 1.807) is 0 Å². The van der Waals surface area contributed by atoms with Gasteiger partial charge in [-0.25, -0.2) is 4.79 Å². The van der Waals surface area contributed by atoms with Gasteiger partial charge >= 0.3 is 5.97 Å². The minimum Gasteiger partial charge on any atom is -0.480 e. The van der Waals surface area contributed by atoms with Crippen molar-refractivity contribution in [2.45, 2.75) is 50.0 Å². The lowest BCUT2D eigenvalue weighted by molar-refractivity contribution is -0.232. The highest BCUT2D eigenvalue weighted by Gasteiger charge is 2.48. The maximum atomic E-state index is 11.9. The van der Waals surface area contributed by atoms with Crippen LogP contribution in [0.15, 0.2) is 0 Å². The lowest BCUT2D eigenvalue weighted by Gasteiger charge is -2.46. The monoisotopic (exact) mass is 335 g/mol. The van der Waals surface area contributed by atoms with Gasteiger partial charge in [-0.2, -0.15) is 0 Å². The minimum atomic E-state index is -1.66. The van der Waals surface area contributed by atoms with Crippen molar-refractivity contribution in [2.75, 3.05) is 6.61 Å². The number of hydrogen-bond acceptors (Lipinski definition) is 8. The molecular formula is C12H21N3O8. The molecule has 0 aromatic heterocycles. The van der Waals surface area contributed by atoms with E-state index in [2.05, 4.69) is 0 Å². The first-order chi connectivity index (χ1) is 10.6. The smallest absolute Gasteiger partial charge is 0.327 e. The first-order valence-electron chi connectivity index (χ1n) is 6.79. The summed E-state index contributed by atoms with van der Waals surface area (Å²) in [5.41, 5.74) is 10.7. The van der Waals surface area contributed by atoms with E-state index >= 15 is 0 Å². The molecule has 0 aliphatic carbocycles. The Kier molecular flexibility index (Phi) is 6.41. The molecule has 23 heavy (non-hydrogen) atoms. The van der Waals surface area contributed by atoms with Gasteiger partial charge in [-0.1, -0.05) is 0 Å². The highest BCUT2D eigenvalue weighted by Crippen LogP contribution is 2.25. The van der Waals surface area contributed by atoms with Crippen molar-refractivity contribution in [1.82, 2.24) is 4.90 Å². The van der Waals surface area contributed by atoms with Gasteiger partial charge in [0.2, 0.25) is 11.8 Å². The van der Waals surface area contributed by atoms with Gasteiger partial charge in [0.05, 0.1) is 19.1 Å². The molecule has 0 radical (unpaired) electrons. The second-order valence-corrected chi connectivity index (χ2v) is 5.26. The van der Waals surface area contributed by atoms with E-state index in [-0.39, 0.29) is 0 Å². The Morgan fingerprint density at radius 2 is 1.83 bits per heavy atom. The number of carboxylic acids is 1. The number of carbonyl (C=O) groups excluding carboxylic acids is 2. The van der Waals surface area contributed by atoms with Gasteiger partial charge in [-0.05, 0) is 0 Å². The average molecular weight is 335 g/mol. The van der Waals surface area contributed by atoms with Gasteiger partial charge in [0.15, 0.2) is 6.23 Å². The van der Waals surface area contributed by atoms with Gasteiger partial charge in [0.1, 0.15) is 24.4 Å². The molecule has 2 amide bonds. The summed E-state index contributed by atoms with van der Waals surface area (Å²) in [5, 5.41) is 38.0. The normalized spacial score (nSPS) is 32.1. The van der Waals surface area contributed by atoms with Crippen LogP contribution in [0.25, 0.3) is 0 Å². The largest absolute Gasteiger partial charge is 0.480 e. The third-order valence-corrected chi connectivity index (χ3v) is 3.60. The Balaban J connectivity index is 3.18. The second kappa shape index (κ2) is 7.66. The van der Waals surface area contributed by atoms with Crippen LogP contribution in [-0.2, 0) is 19.1 Å². The van der Waals surface area contributed by atoms with Crippen molar-refractivity contribution >= 4 is 17.8 Å². The fourth-order valence-electron chi connectivity index (χ4n) is 2.44. The van der Waals surface area contributed by atoms with Crippen LogP contribution < -0.4 is 11.5 Å². The molecule has 132 valence electrons. The number of carbonyl (C=O) groups is 3. The molecule has 1 saturated heterocycles. The van der Waals surface area contributed by atoms with Crippen molar-refractivity contribution in [1.29, 1.82) is 0 Å². The molecule has 6 atom stereocenters. The Hall–Kier alpha value is -1.79. The number of nitrogens with two attached hydrogens (primary N) is 2. The van der Waals surface area contributed by atoms with Gasteiger partial charge < -0.3 is 41.5 Å². The first kappa shape index (κ1) is 19.3. The van der Waals surface area contributed by atoms with Gasteiger partial charge in [0.25, 0.3) is 0 Å². The van der Waals surface area contributed by atoms with Crippen LogP contribution in [0.5, 0.6) is 0 Å². The number of aliphatic carboxylic acids is 1. The maximum absolute atomic E-state index is 11.9. The number of rotatable bonds is 6.